The molecule has 20 heavy (non-hydrogen) atoms. The average molecular weight is 278 g/mol. The summed E-state index contributed by atoms with van der Waals surface area (Å²) in [5.74, 6) is 1.05. The van der Waals surface area contributed by atoms with Crippen LogP contribution < -0.4 is 5.32 Å². The van der Waals surface area contributed by atoms with Crippen LogP contribution in [-0.2, 0) is 11.3 Å². The fourth-order valence-corrected chi connectivity index (χ4v) is 3.13. The van der Waals surface area contributed by atoms with E-state index in [-0.39, 0.29) is 0 Å². The van der Waals surface area contributed by atoms with Gasteiger partial charge in [0, 0.05) is 44.6 Å². The molecule has 1 aliphatic heterocycles. The SMILES string of the molecule is c1cn(CCN2CCOCC2)c(NC2CCCCC2)n1. The summed E-state index contributed by atoms with van der Waals surface area (Å²) in [5.41, 5.74) is 0. The quantitative estimate of drug-likeness (QED) is 0.894. The Morgan fingerprint density at radius 2 is 1.95 bits per heavy atom. The zero-order chi connectivity index (χ0) is 13.6. The average Bonchev–Trinajstić information content (AvgIpc) is 2.94. The molecule has 0 amide bonds. The van der Waals surface area contributed by atoms with Crippen molar-refractivity contribution in [2.45, 2.75) is 44.7 Å². The molecule has 0 spiro atoms. The molecule has 5 nitrogen and oxygen atoms in total. The van der Waals surface area contributed by atoms with Crippen LogP contribution in [0.1, 0.15) is 32.1 Å². The Labute approximate surface area is 121 Å². The Hall–Kier alpha value is -1.07. The number of ether oxygens (including phenoxy) is 1. The van der Waals surface area contributed by atoms with Crippen molar-refractivity contribution in [1.29, 1.82) is 0 Å². The van der Waals surface area contributed by atoms with Crippen molar-refractivity contribution in [2.24, 2.45) is 0 Å². The van der Waals surface area contributed by atoms with E-state index in [1.807, 2.05) is 6.20 Å². The van der Waals surface area contributed by atoms with Gasteiger partial charge in [0.15, 0.2) is 0 Å². The standard InChI is InChI=1S/C15H26N4O/c1-2-4-14(5-3-1)17-15-16-6-7-19(15)9-8-18-10-12-20-13-11-18/h6-7,14H,1-5,8-13H2,(H,16,17). The van der Waals surface area contributed by atoms with E-state index >= 15 is 0 Å². The van der Waals surface area contributed by atoms with Crippen LogP contribution in [-0.4, -0.2) is 53.3 Å². The number of aromatic nitrogens is 2. The van der Waals surface area contributed by atoms with E-state index < -0.39 is 0 Å². The lowest BCUT2D eigenvalue weighted by atomic mass is 9.96. The van der Waals surface area contributed by atoms with Gasteiger partial charge in [-0.05, 0) is 12.8 Å². The Morgan fingerprint density at radius 3 is 2.75 bits per heavy atom. The number of imidazole rings is 1. The van der Waals surface area contributed by atoms with Crippen molar-refractivity contribution in [3.63, 3.8) is 0 Å². The number of anilines is 1. The minimum Gasteiger partial charge on any atom is -0.379 e. The van der Waals surface area contributed by atoms with Crippen molar-refractivity contribution < 1.29 is 4.74 Å². The van der Waals surface area contributed by atoms with E-state index in [1.165, 1.54) is 32.1 Å². The Balaban J connectivity index is 1.50. The second-order valence-corrected chi connectivity index (χ2v) is 5.88. The maximum absolute atomic E-state index is 5.39. The van der Waals surface area contributed by atoms with Gasteiger partial charge in [0.25, 0.3) is 0 Å². The summed E-state index contributed by atoms with van der Waals surface area (Å²) in [4.78, 5) is 6.95. The zero-order valence-corrected chi connectivity index (χ0v) is 12.3. The Bertz CT molecular complexity index is 394. The van der Waals surface area contributed by atoms with Gasteiger partial charge in [-0.1, -0.05) is 19.3 Å². The van der Waals surface area contributed by atoms with Crippen molar-refractivity contribution in [1.82, 2.24) is 14.5 Å². The van der Waals surface area contributed by atoms with E-state index in [4.69, 9.17) is 4.74 Å². The fraction of sp³-hybridized carbons (Fsp3) is 0.800. The van der Waals surface area contributed by atoms with E-state index in [2.05, 4.69) is 26.0 Å². The molecule has 1 saturated heterocycles. The van der Waals surface area contributed by atoms with Gasteiger partial charge in [-0.15, -0.1) is 0 Å². The van der Waals surface area contributed by atoms with Crippen LogP contribution in [0.3, 0.4) is 0 Å². The summed E-state index contributed by atoms with van der Waals surface area (Å²) in [5, 5.41) is 3.63. The number of hydrogen-bond acceptors (Lipinski definition) is 4. The highest BCUT2D eigenvalue weighted by Crippen LogP contribution is 2.20. The summed E-state index contributed by atoms with van der Waals surface area (Å²) in [6.07, 6.45) is 10.7. The second-order valence-electron chi connectivity index (χ2n) is 5.88. The summed E-state index contributed by atoms with van der Waals surface area (Å²) < 4.78 is 7.64. The monoisotopic (exact) mass is 278 g/mol. The Morgan fingerprint density at radius 1 is 1.15 bits per heavy atom. The normalized spacial score (nSPS) is 22.0. The first kappa shape index (κ1) is 13.9. The molecule has 0 atom stereocenters. The Kier molecular flexibility index (Phi) is 4.92. The predicted molar refractivity (Wildman–Crippen MR) is 80.0 cm³/mol. The summed E-state index contributed by atoms with van der Waals surface area (Å²) >= 11 is 0. The number of rotatable bonds is 5. The predicted octanol–water partition coefficient (Wildman–Crippen LogP) is 1.96. The van der Waals surface area contributed by atoms with E-state index in [0.29, 0.717) is 6.04 Å². The van der Waals surface area contributed by atoms with Crippen LogP contribution >= 0.6 is 0 Å². The van der Waals surface area contributed by atoms with E-state index in [1.54, 1.807) is 0 Å². The molecular weight excluding hydrogens is 252 g/mol. The summed E-state index contributed by atoms with van der Waals surface area (Å²) in [7, 11) is 0. The molecule has 1 aliphatic carbocycles. The summed E-state index contributed by atoms with van der Waals surface area (Å²) in [6, 6.07) is 0.619. The van der Waals surface area contributed by atoms with Crippen LogP contribution in [0.15, 0.2) is 12.4 Å². The molecule has 2 aliphatic rings. The first-order valence-corrected chi connectivity index (χ1v) is 7.99. The lowest BCUT2D eigenvalue weighted by Gasteiger charge is -2.27. The van der Waals surface area contributed by atoms with Crippen molar-refractivity contribution in [2.75, 3.05) is 38.2 Å². The molecular formula is C15H26N4O. The van der Waals surface area contributed by atoms with Crippen LogP contribution in [0.4, 0.5) is 5.95 Å². The molecule has 0 aromatic carbocycles. The molecule has 0 radical (unpaired) electrons. The van der Waals surface area contributed by atoms with E-state index in [0.717, 1.165) is 45.3 Å². The highest BCUT2D eigenvalue weighted by atomic mass is 16.5. The molecule has 1 aromatic rings. The zero-order valence-electron chi connectivity index (χ0n) is 12.3. The third-order valence-corrected chi connectivity index (χ3v) is 4.41. The van der Waals surface area contributed by atoms with Gasteiger partial charge < -0.3 is 14.6 Å². The third-order valence-electron chi connectivity index (χ3n) is 4.41. The third kappa shape index (κ3) is 3.73. The minimum absolute atomic E-state index is 0.619. The molecule has 1 saturated carbocycles. The van der Waals surface area contributed by atoms with Gasteiger partial charge in [0.2, 0.25) is 5.95 Å². The molecule has 0 bridgehead atoms. The van der Waals surface area contributed by atoms with Gasteiger partial charge in [0.05, 0.1) is 13.2 Å². The maximum atomic E-state index is 5.39. The first-order chi connectivity index (χ1) is 9.92. The number of morpholine rings is 1. The molecule has 1 aromatic heterocycles. The summed E-state index contributed by atoms with van der Waals surface area (Å²) in [6.45, 7) is 5.95. The molecule has 2 fully saturated rings. The lowest BCUT2D eigenvalue weighted by Crippen LogP contribution is -2.38. The smallest absolute Gasteiger partial charge is 0.203 e. The molecule has 5 heteroatoms. The van der Waals surface area contributed by atoms with Crippen LogP contribution in [0.5, 0.6) is 0 Å². The number of nitrogens with one attached hydrogen (secondary N) is 1. The largest absolute Gasteiger partial charge is 0.379 e. The molecule has 2 heterocycles. The first-order valence-electron chi connectivity index (χ1n) is 7.99. The topological polar surface area (TPSA) is 42.3 Å². The van der Waals surface area contributed by atoms with Crippen molar-refractivity contribution >= 4 is 5.95 Å². The van der Waals surface area contributed by atoms with Crippen LogP contribution in [0.2, 0.25) is 0 Å². The van der Waals surface area contributed by atoms with Gasteiger partial charge in [-0.2, -0.15) is 0 Å². The highest BCUT2D eigenvalue weighted by Gasteiger charge is 2.16. The minimum atomic E-state index is 0.619. The second kappa shape index (κ2) is 7.09. The van der Waals surface area contributed by atoms with Gasteiger partial charge in [-0.3, -0.25) is 4.90 Å². The molecule has 1 N–H and O–H groups in total. The van der Waals surface area contributed by atoms with Crippen molar-refractivity contribution in [3.05, 3.63) is 12.4 Å². The fourth-order valence-electron chi connectivity index (χ4n) is 3.13. The van der Waals surface area contributed by atoms with Crippen LogP contribution in [0.25, 0.3) is 0 Å². The molecule has 3 rings (SSSR count). The van der Waals surface area contributed by atoms with Gasteiger partial charge in [-0.25, -0.2) is 4.98 Å². The van der Waals surface area contributed by atoms with Crippen LogP contribution in [0, 0.1) is 0 Å². The highest BCUT2D eigenvalue weighted by molar-refractivity contribution is 5.27. The van der Waals surface area contributed by atoms with Gasteiger partial charge >= 0.3 is 0 Å². The number of hydrogen-bond donors (Lipinski definition) is 1. The molecule has 112 valence electrons. The van der Waals surface area contributed by atoms with Crippen molar-refractivity contribution in [3.8, 4) is 0 Å². The van der Waals surface area contributed by atoms with E-state index in [9.17, 15) is 0 Å². The maximum Gasteiger partial charge on any atom is 0.203 e. The van der Waals surface area contributed by atoms with Gasteiger partial charge in [0.1, 0.15) is 0 Å². The number of nitrogens with zero attached hydrogens (tertiary/aromatic N) is 3. The lowest BCUT2D eigenvalue weighted by molar-refractivity contribution is 0.0364. The molecule has 0 unspecified atom stereocenters.